The van der Waals surface area contributed by atoms with E-state index in [0.717, 1.165) is 22.5 Å². The number of H-pyrrole nitrogens is 1. The zero-order valence-electron chi connectivity index (χ0n) is 14.7. The lowest BCUT2D eigenvalue weighted by Gasteiger charge is -2.24. The van der Waals surface area contributed by atoms with Gasteiger partial charge in [-0.15, -0.1) is 5.10 Å². The van der Waals surface area contributed by atoms with Gasteiger partial charge in [-0.1, -0.05) is 35.5 Å². The summed E-state index contributed by atoms with van der Waals surface area (Å²) >= 11 is 0. The molecule has 1 aliphatic heterocycles. The minimum atomic E-state index is -0.256. The van der Waals surface area contributed by atoms with Crippen molar-refractivity contribution in [3.8, 4) is 0 Å². The molecule has 1 aliphatic rings. The second-order valence-corrected chi connectivity index (χ2v) is 6.37. The Bertz CT molecular complexity index is 911. The number of carbonyl (C=O) groups excluding carboxylic acids is 1. The number of nitrogens with one attached hydrogen (secondary N) is 2. The minimum Gasteiger partial charge on any atom is -0.365 e. The maximum Gasteiger partial charge on any atom is 0.274 e. The van der Waals surface area contributed by atoms with E-state index in [4.69, 9.17) is 4.74 Å². The van der Waals surface area contributed by atoms with Gasteiger partial charge in [0.05, 0.1) is 24.5 Å². The van der Waals surface area contributed by atoms with Crippen LogP contribution >= 0.6 is 0 Å². The van der Waals surface area contributed by atoms with Gasteiger partial charge in [-0.2, -0.15) is 5.10 Å². The number of benzene rings is 1. The molecule has 2 N–H and O–H groups in total. The Morgan fingerprint density at radius 2 is 2.15 bits per heavy atom. The standard InChI is InChI=1S/C18H20N6O2/c1-11-14(12(2)21-20-11)8-19-18(25)17-15-10-26-16(9-24(15)23-22-17)13-6-4-3-5-7-13/h3-7,16H,8-10H2,1-2H3,(H,19,25)(H,20,21)/t16-/m0/s1. The van der Waals surface area contributed by atoms with Crippen LogP contribution in [-0.2, 0) is 24.4 Å². The monoisotopic (exact) mass is 352 g/mol. The SMILES string of the molecule is Cc1n[nH]c(C)c1CNC(=O)c1nnn2c1CO[C@H](c1ccccc1)C2. The first-order chi connectivity index (χ1) is 12.6. The molecule has 1 amide bonds. The highest BCUT2D eigenvalue weighted by Gasteiger charge is 2.27. The number of rotatable bonds is 4. The van der Waals surface area contributed by atoms with Crippen molar-refractivity contribution in [1.29, 1.82) is 0 Å². The van der Waals surface area contributed by atoms with Crippen LogP contribution in [0.4, 0.5) is 0 Å². The smallest absolute Gasteiger partial charge is 0.274 e. The van der Waals surface area contributed by atoms with Gasteiger partial charge >= 0.3 is 0 Å². The van der Waals surface area contributed by atoms with Gasteiger partial charge in [0, 0.05) is 17.8 Å². The summed E-state index contributed by atoms with van der Waals surface area (Å²) in [5, 5.41) is 18.1. The molecule has 0 spiro atoms. The molecule has 4 rings (SSSR count). The van der Waals surface area contributed by atoms with Crippen LogP contribution in [0, 0.1) is 13.8 Å². The summed E-state index contributed by atoms with van der Waals surface area (Å²) in [6.07, 6.45) is -0.0856. The molecule has 3 heterocycles. The van der Waals surface area contributed by atoms with E-state index in [1.807, 2.05) is 44.2 Å². The number of hydrogen-bond acceptors (Lipinski definition) is 5. The maximum absolute atomic E-state index is 12.5. The molecule has 0 aliphatic carbocycles. The summed E-state index contributed by atoms with van der Waals surface area (Å²) in [5.74, 6) is -0.256. The van der Waals surface area contributed by atoms with Crippen LogP contribution in [0.1, 0.15) is 44.8 Å². The van der Waals surface area contributed by atoms with Gasteiger partial charge in [0.2, 0.25) is 0 Å². The van der Waals surface area contributed by atoms with Crippen molar-refractivity contribution in [2.24, 2.45) is 0 Å². The summed E-state index contributed by atoms with van der Waals surface area (Å²) in [6.45, 7) is 5.08. The Kier molecular flexibility index (Phi) is 4.26. The fourth-order valence-corrected chi connectivity index (χ4v) is 3.14. The van der Waals surface area contributed by atoms with Crippen molar-refractivity contribution in [1.82, 2.24) is 30.5 Å². The molecule has 1 atom stereocenters. The molecule has 8 heteroatoms. The number of hydrogen-bond donors (Lipinski definition) is 2. The molecule has 134 valence electrons. The topological polar surface area (TPSA) is 97.7 Å². The van der Waals surface area contributed by atoms with E-state index in [0.29, 0.717) is 31.1 Å². The normalized spacial score (nSPS) is 16.3. The van der Waals surface area contributed by atoms with Gasteiger partial charge in [0.25, 0.3) is 5.91 Å². The number of amides is 1. The van der Waals surface area contributed by atoms with Crippen molar-refractivity contribution in [2.75, 3.05) is 0 Å². The van der Waals surface area contributed by atoms with Gasteiger partial charge in [0.1, 0.15) is 6.10 Å². The summed E-state index contributed by atoms with van der Waals surface area (Å²) in [6, 6.07) is 9.98. The third-order valence-corrected chi connectivity index (χ3v) is 4.69. The van der Waals surface area contributed by atoms with E-state index >= 15 is 0 Å². The number of aromatic nitrogens is 5. The van der Waals surface area contributed by atoms with Crippen LogP contribution in [0.3, 0.4) is 0 Å². The van der Waals surface area contributed by atoms with E-state index in [2.05, 4.69) is 25.8 Å². The Hall–Kier alpha value is -3.00. The quantitative estimate of drug-likeness (QED) is 0.746. The third-order valence-electron chi connectivity index (χ3n) is 4.69. The van der Waals surface area contributed by atoms with Crippen LogP contribution in [-0.4, -0.2) is 31.1 Å². The molecular weight excluding hydrogens is 332 g/mol. The molecule has 0 saturated heterocycles. The summed E-state index contributed by atoms with van der Waals surface area (Å²) in [7, 11) is 0. The minimum absolute atomic E-state index is 0.0856. The number of nitrogens with zero attached hydrogens (tertiary/aromatic N) is 4. The average Bonchev–Trinajstić information content (AvgIpc) is 3.23. The van der Waals surface area contributed by atoms with Gasteiger partial charge < -0.3 is 10.1 Å². The van der Waals surface area contributed by atoms with E-state index in [1.54, 1.807) is 4.68 Å². The van der Waals surface area contributed by atoms with Gasteiger partial charge in [0.15, 0.2) is 5.69 Å². The second kappa shape index (κ2) is 6.72. The number of aryl methyl sites for hydroxylation is 2. The number of carbonyl (C=O) groups is 1. The second-order valence-electron chi connectivity index (χ2n) is 6.37. The number of ether oxygens (including phenoxy) is 1. The number of fused-ring (bicyclic) bond motifs is 1. The van der Waals surface area contributed by atoms with Gasteiger partial charge in [-0.05, 0) is 19.4 Å². The fraction of sp³-hybridized carbons (Fsp3) is 0.333. The largest absolute Gasteiger partial charge is 0.365 e. The Morgan fingerprint density at radius 1 is 1.35 bits per heavy atom. The highest BCUT2D eigenvalue weighted by Crippen LogP contribution is 2.26. The highest BCUT2D eigenvalue weighted by molar-refractivity contribution is 5.93. The van der Waals surface area contributed by atoms with Crippen molar-refractivity contribution < 1.29 is 9.53 Å². The Labute approximate surface area is 150 Å². The lowest BCUT2D eigenvalue weighted by molar-refractivity contribution is -0.00177. The fourth-order valence-electron chi connectivity index (χ4n) is 3.14. The predicted molar refractivity (Wildman–Crippen MR) is 93.2 cm³/mol. The third kappa shape index (κ3) is 2.99. The van der Waals surface area contributed by atoms with Crippen molar-refractivity contribution >= 4 is 5.91 Å². The summed E-state index contributed by atoms with van der Waals surface area (Å²) in [4.78, 5) is 12.5. The van der Waals surface area contributed by atoms with Crippen molar-refractivity contribution in [2.45, 2.75) is 39.6 Å². The van der Waals surface area contributed by atoms with Gasteiger partial charge in [-0.3, -0.25) is 9.89 Å². The molecule has 0 radical (unpaired) electrons. The van der Waals surface area contributed by atoms with Crippen molar-refractivity contribution in [3.63, 3.8) is 0 Å². The zero-order chi connectivity index (χ0) is 18.1. The molecule has 2 aromatic heterocycles. The molecule has 3 aromatic rings. The summed E-state index contributed by atoms with van der Waals surface area (Å²) in [5.41, 5.74) is 4.92. The van der Waals surface area contributed by atoms with E-state index in [9.17, 15) is 4.79 Å². The maximum atomic E-state index is 12.5. The molecular formula is C18H20N6O2. The Morgan fingerprint density at radius 3 is 2.88 bits per heavy atom. The first-order valence-corrected chi connectivity index (χ1v) is 8.51. The molecule has 8 nitrogen and oxygen atoms in total. The number of aromatic amines is 1. The lowest BCUT2D eigenvalue weighted by atomic mass is 10.1. The summed E-state index contributed by atoms with van der Waals surface area (Å²) < 4.78 is 7.69. The molecule has 1 aromatic carbocycles. The Balaban J connectivity index is 1.47. The van der Waals surface area contributed by atoms with Crippen LogP contribution in [0.15, 0.2) is 30.3 Å². The van der Waals surface area contributed by atoms with Crippen LogP contribution in [0.5, 0.6) is 0 Å². The molecule has 0 fully saturated rings. The van der Waals surface area contributed by atoms with Gasteiger partial charge in [-0.25, -0.2) is 4.68 Å². The molecule has 26 heavy (non-hydrogen) atoms. The van der Waals surface area contributed by atoms with E-state index < -0.39 is 0 Å². The van der Waals surface area contributed by atoms with Crippen LogP contribution in [0.25, 0.3) is 0 Å². The molecule has 0 bridgehead atoms. The lowest BCUT2D eigenvalue weighted by Crippen LogP contribution is -2.27. The molecule has 0 unspecified atom stereocenters. The average molecular weight is 352 g/mol. The molecule has 0 saturated carbocycles. The first-order valence-electron chi connectivity index (χ1n) is 8.51. The highest BCUT2D eigenvalue weighted by atomic mass is 16.5. The van der Waals surface area contributed by atoms with Crippen LogP contribution < -0.4 is 5.32 Å². The van der Waals surface area contributed by atoms with E-state index in [-0.39, 0.29) is 12.0 Å². The van der Waals surface area contributed by atoms with Crippen LogP contribution in [0.2, 0.25) is 0 Å². The van der Waals surface area contributed by atoms with Crippen molar-refractivity contribution in [3.05, 3.63) is 64.2 Å². The zero-order valence-corrected chi connectivity index (χ0v) is 14.7. The predicted octanol–water partition coefficient (Wildman–Crippen LogP) is 1.82. The first kappa shape index (κ1) is 16.5. The van der Waals surface area contributed by atoms with E-state index in [1.165, 1.54) is 0 Å².